The number of rotatable bonds is 4. The molecule has 1 aliphatic heterocycles. The van der Waals surface area contributed by atoms with Crippen molar-refractivity contribution in [2.45, 2.75) is 32.4 Å². The van der Waals surface area contributed by atoms with Gasteiger partial charge in [-0.15, -0.1) is 0 Å². The highest BCUT2D eigenvalue weighted by molar-refractivity contribution is 5.81. The van der Waals surface area contributed by atoms with Crippen molar-refractivity contribution in [1.29, 1.82) is 0 Å². The van der Waals surface area contributed by atoms with Crippen LogP contribution in [0.25, 0.3) is 0 Å². The molecule has 1 heterocycles. The summed E-state index contributed by atoms with van der Waals surface area (Å²) in [6.07, 6.45) is -0.278. The van der Waals surface area contributed by atoms with Crippen LogP contribution in [0.2, 0.25) is 0 Å². The van der Waals surface area contributed by atoms with E-state index in [1.54, 1.807) is 11.8 Å². The number of aliphatic hydroxyl groups excluding tert-OH is 1. The van der Waals surface area contributed by atoms with Crippen LogP contribution in [0.15, 0.2) is 24.3 Å². The standard InChI is InChI=1S/C16H21FN2O3/c1-10(15(21)12-3-5-14(17)6-4-12)18-16(22)13-7-8-19(9-13)11(2)20/h3-6,10,13,15,21H,7-9H2,1-2H3,(H,18,22). The topological polar surface area (TPSA) is 69.6 Å². The second-order valence-corrected chi connectivity index (χ2v) is 5.74. The molecule has 0 spiro atoms. The fraction of sp³-hybridized carbons (Fsp3) is 0.500. The van der Waals surface area contributed by atoms with Gasteiger partial charge in [-0.1, -0.05) is 12.1 Å². The lowest BCUT2D eigenvalue weighted by molar-refractivity contribution is -0.129. The number of benzene rings is 1. The average molecular weight is 308 g/mol. The normalized spacial score (nSPS) is 20.5. The Bertz CT molecular complexity index is 547. The number of hydrogen-bond donors (Lipinski definition) is 2. The summed E-state index contributed by atoms with van der Waals surface area (Å²) in [7, 11) is 0. The van der Waals surface area contributed by atoms with Crippen LogP contribution in [-0.4, -0.2) is 41.0 Å². The second-order valence-electron chi connectivity index (χ2n) is 5.74. The minimum Gasteiger partial charge on any atom is -0.386 e. The first-order valence-corrected chi connectivity index (χ1v) is 7.38. The Morgan fingerprint density at radius 1 is 1.36 bits per heavy atom. The number of carbonyl (C=O) groups is 2. The molecule has 0 saturated carbocycles. The third kappa shape index (κ3) is 3.82. The maximum Gasteiger partial charge on any atom is 0.225 e. The van der Waals surface area contributed by atoms with E-state index in [9.17, 15) is 19.1 Å². The van der Waals surface area contributed by atoms with E-state index in [4.69, 9.17) is 0 Å². The van der Waals surface area contributed by atoms with Crippen LogP contribution in [0.3, 0.4) is 0 Å². The first-order chi connectivity index (χ1) is 10.4. The Labute approximate surface area is 129 Å². The highest BCUT2D eigenvalue weighted by atomic mass is 19.1. The number of carbonyl (C=O) groups excluding carboxylic acids is 2. The van der Waals surface area contributed by atoms with Gasteiger partial charge >= 0.3 is 0 Å². The molecule has 2 rings (SSSR count). The van der Waals surface area contributed by atoms with Gasteiger partial charge in [0.15, 0.2) is 0 Å². The lowest BCUT2D eigenvalue weighted by atomic mass is 10.0. The van der Waals surface area contributed by atoms with E-state index < -0.39 is 12.1 Å². The highest BCUT2D eigenvalue weighted by Crippen LogP contribution is 2.20. The second kappa shape index (κ2) is 6.87. The molecule has 22 heavy (non-hydrogen) atoms. The first-order valence-electron chi connectivity index (χ1n) is 7.38. The summed E-state index contributed by atoms with van der Waals surface area (Å²) in [5.41, 5.74) is 0.547. The summed E-state index contributed by atoms with van der Waals surface area (Å²) in [4.78, 5) is 25.1. The molecule has 0 aliphatic carbocycles. The molecule has 1 aliphatic rings. The molecule has 2 N–H and O–H groups in total. The minimum absolute atomic E-state index is 0.0327. The summed E-state index contributed by atoms with van der Waals surface area (Å²) in [5.74, 6) is -0.818. The molecule has 1 aromatic rings. The molecule has 1 aromatic carbocycles. The number of aliphatic hydroxyl groups is 1. The van der Waals surface area contributed by atoms with E-state index in [0.29, 0.717) is 25.1 Å². The Morgan fingerprint density at radius 2 is 2.00 bits per heavy atom. The van der Waals surface area contributed by atoms with Crippen molar-refractivity contribution in [3.05, 3.63) is 35.6 Å². The molecule has 6 heteroatoms. The molecule has 1 fully saturated rings. The number of hydrogen-bond acceptors (Lipinski definition) is 3. The van der Waals surface area contributed by atoms with E-state index >= 15 is 0 Å². The van der Waals surface area contributed by atoms with Gasteiger partial charge < -0.3 is 15.3 Å². The molecule has 5 nitrogen and oxygen atoms in total. The summed E-state index contributed by atoms with van der Waals surface area (Å²) in [5, 5.41) is 13.0. The van der Waals surface area contributed by atoms with Gasteiger partial charge in [-0.25, -0.2) is 4.39 Å². The third-order valence-corrected chi connectivity index (χ3v) is 4.06. The van der Waals surface area contributed by atoms with Crippen molar-refractivity contribution in [3.8, 4) is 0 Å². The predicted molar refractivity (Wildman–Crippen MR) is 79.3 cm³/mol. The summed E-state index contributed by atoms with van der Waals surface area (Å²) < 4.78 is 12.9. The summed E-state index contributed by atoms with van der Waals surface area (Å²) >= 11 is 0. The van der Waals surface area contributed by atoms with Crippen LogP contribution in [0, 0.1) is 11.7 Å². The summed E-state index contributed by atoms with van der Waals surface area (Å²) in [6, 6.07) is 5.04. The largest absolute Gasteiger partial charge is 0.386 e. The smallest absolute Gasteiger partial charge is 0.225 e. The van der Waals surface area contributed by atoms with Crippen LogP contribution >= 0.6 is 0 Å². The van der Waals surface area contributed by atoms with Gasteiger partial charge in [0.1, 0.15) is 5.82 Å². The molecule has 3 unspecified atom stereocenters. The van der Waals surface area contributed by atoms with Gasteiger partial charge in [0.25, 0.3) is 0 Å². The van der Waals surface area contributed by atoms with Gasteiger partial charge in [0.05, 0.1) is 18.1 Å². The minimum atomic E-state index is -0.908. The van der Waals surface area contributed by atoms with Crippen molar-refractivity contribution in [3.63, 3.8) is 0 Å². The van der Waals surface area contributed by atoms with Crippen molar-refractivity contribution in [2.75, 3.05) is 13.1 Å². The predicted octanol–water partition coefficient (Wildman–Crippen LogP) is 1.23. The SMILES string of the molecule is CC(=O)N1CCC(C(=O)NC(C)C(O)c2ccc(F)cc2)C1. The van der Waals surface area contributed by atoms with E-state index in [0.717, 1.165) is 0 Å². The average Bonchev–Trinajstić information content (AvgIpc) is 2.97. The van der Waals surface area contributed by atoms with Crippen molar-refractivity contribution in [1.82, 2.24) is 10.2 Å². The molecule has 120 valence electrons. The molecule has 3 atom stereocenters. The highest BCUT2D eigenvalue weighted by Gasteiger charge is 2.31. The van der Waals surface area contributed by atoms with Gasteiger partial charge in [-0.2, -0.15) is 0 Å². The number of halogens is 1. The van der Waals surface area contributed by atoms with Gasteiger partial charge in [-0.3, -0.25) is 9.59 Å². The van der Waals surface area contributed by atoms with E-state index in [-0.39, 0.29) is 23.5 Å². The van der Waals surface area contributed by atoms with Gasteiger partial charge in [-0.05, 0) is 31.0 Å². The zero-order chi connectivity index (χ0) is 16.3. The number of nitrogens with zero attached hydrogens (tertiary/aromatic N) is 1. The van der Waals surface area contributed by atoms with Gasteiger partial charge in [0.2, 0.25) is 11.8 Å². The zero-order valence-corrected chi connectivity index (χ0v) is 12.8. The van der Waals surface area contributed by atoms with Crippen molar-refractivity contribution in [2.24, 2.45) is 5.92 Å². The third-order valence-electron chi connectivity index (χ3n) is 4.06. The maximum atomic E-state index is 12.9. The Hall–Kier alpha value is -1.95. The monoisotopic (exact) mass is 308 g/mol. The lowest BCUT2D eigenvalue weighted by Gasteiger charge is -2.22. The van der Waals surface area contributed by atoms with Crippen LogP contribution in [0.1, 0.15) is 31.9 Å². The van der Waals surface area contributed by atoms with E-state index in [1.165, 1.54) is 31.2 Å². The Kier molecular flexibility index (Phi) is 5.13. The van der Waals surface area contributed by atoms with E-state index in [2.05, 4.69) is 5.32 Å². The van der Waals surface area contributed by atoms with E-state index in [1.807, 2.05) is 0 Å². The van der Waals surface area contributed by atoms with Crippen molar-refractivity contribution < 1.29 is 19.1 Å². The Morgan fingerprint density at radius 3 is 2.55 bits per heavy atom. The summed E-state index contributed by atoms with van der Waals surface area (Å²) in [6.45, 7) is 4.19. The molecule has 0 radical (unpaired) electrons. The molecule has 0 aromatic heterocycles. The molecular formula is C16H21FN2O3. The van der Waals surface area contributed by atoms with Gasteiger partial charge in [0, 0.05) is 20.0 Å². The van der Waals surface area contributed by atoms with Crippen LogP contribution in [0.4, 0.5) is 4.39 Å². The molecule has 1 saturated heterocycles. The van der Waals surface area contributed by atoms with Crippen molar-refractivity contribution >= 4 is 11.8 Å². The molecule has 2 amide bonds. The van der Waals surface area contributed by atoms with Crippen LogP contribution in [-0.2, 0) is 9.59 Å². The maximum absolute atomic E-state index is 12.9. The van der Waals surface area contributed by atoms with Crippen LogP contribution < -0.4 is 5.32 Å². The first kappa shape index (κ1) is 16.4. The number of likely N-dealkylation sites (tertiary alicyclic amines) is 1. The number of nitrogens with one attached hydrogen (secondary N) is 1. The molecular weight excluding hydrogens is 287 g/mol. The fourth-order valence-electron chi connectivity index (χ4n) is 2.63. The zero-order valence-electron chi connectivity index (χ0n) is 12.8. The quantitative estimate of drug-likeness (QED) is 0.879. The fourth-order valence-corrected chi connectivity index (χ4v) is 2.63. The lowest BCUT2D eigenvalue weighted by Crippen LogP contribution is -2.41. The molecule has 0 bridgehead atoms. The van der Waals surface area contributed by atoms with Crippen LogP contribution in [0.5, 0.6) is 0 Å². The Balaban J connectivity index is 1.91. The number of amides is 2.